The first-order valence-electron chi connectivity index (χ1n) is 6.77. The molecule has 1 saturated heterocycles. The summed E-state index contributed by atoms with van der Waals surface area (Å²) in [6.07, 6.45) is 4.79. The van der Waals surface area contributed by atoms with Gasteiger partial charge in [0.15, 0.2) is 0 Å². The Labute approximate surface area is 104 Å². The fraction of sp³-hybridized carbons (Fsp3) is 0.923. The molecule has 17 heavy (non-hydrogen) atoms. The van der Waals surface area contributed by atoms with Crippen molar-refractivity contribution in [2.75, 3.05) is 26.2 Å². The number of unbranched alkanes of at least 4 members (excludes halogenated alkanes) is 1. The first-order valence-corrected chi connectivity index (χ1v) is 6.77. The van der Waals surface area contributed by atoms with Crippen LogP contribution in [0.15, 0.2) is 0 Å². The lowest BCUT2D eigenvalue weighted by molar-refractivity contribution is -0.131. The Morgan fingerprint density at radius 3 is 2.82 bits per heavy atom. The van der Waals surface area contributed by atoms with Crippen LogP contribution in [-0.4, -0.2) is 48.2 Å². The van der Waals surface area contributed by atoms with E-state index in [0.717, 1.165) is 19.5 Å². The number of nitrogens with zero attached hydrogens (tertiary/aromatic N) is 1. The number of aliphatic hydroxyl groups excluding tert-OH is 1. The lowest BCUT2D eigenvalue weighted by Gasteiger charge is -2.38. The first-order chi connectivity index (χ1) is 8.17. The SMILES string of the molecule is CCCCC1CC(NCCO)CN(C(C)=O)C1. The van der Waals surface area contributed by atoms with Crippen LogP contribution < -0.4 is 5.32 Å². The van der Waals surface area contributed by atoms with E-state index in [1.807, 2.05) is 4.90 Å². The molecule has 1 aliphatic rings. The standard InChI is InChI=1S/C13H26N2O2/c1-3-4-5-12-8-13(14-6-7-16)10-15(9-12)11(2)17/h12-14,16H,3-10H2,1-2H3. The summed E-state index contributed by atoms with van der Waals surface area (Å²) in [5.74, 6) is 0.783. The van der Waals surface area contributed by atoms with Crippen LogP contribution >= 0.6 is 0 Å². The molecule has 0 bridgehead atoms. The van der Waals surface area contributed by atoms with Crippen molar-refractivity contribution in [3.63, 3.8) is 0 Å². The summed E-state index contributed by atoms with van der Waals surface area (Å²) in [6.45, 7) is 6.33. The predicted molar refractivity (Wildman–Crippen MR) is 68.8 cm³/mol. The Hall–Kier alpha value is -0.610. The van der Waals surface area contributed by atoms with Crippen LogP contribution in [-0.2, 0) is 4.79 Å². The molecule has 0 radical (unpaired) electrons. The van der Waals surface area contributed by atoms with E-state index in [0.29, 0.717) is 18.5 Å². The zero-order valence-corrected chi connectivity index (χ0v) is 11.1. The molecule has 0 aromatic heterocycles. The molecule has 1 fully saturated rings. The molecule has 0 spiro atoms. The van der Waals surface area contributed by atoms with E-state index in [1.165, 1.54) is 19.3 Å². The van der Waals surface area contributed by atoms with E-state index in [1.54, 1.807) is 6.92 Å². The van der Waals surface area contributed by atoms with Crippen molar-refractivity contribution >= 4 is 5.91 Å². The first kappa shape index (κ1) is 14.5. The molecule has 0 saturated carbocycles. The highest BCUT2D eigenvalue weighted by Crippen LogP contribution is 2.22. The van der Waals surface area contributed by atoms with Crippen LogP contribution in [0.1, 0.15) is 39.5 Å². The largest absolute Gasteiger partial charge is 0.395 e. The van der Waals surface area contributed by atoms with E-state index in [2.05, 4.69) is 12.2 Å². The molecule has 4 nitrogen and oxygen atoms in total. The quantitative estimate of drug-likeness (QED) is 0.730. The van der Waals surface area contributed by atoms with Gasteiger partial charge < -0.3 is 15.3 Å². The van der Waals surface area contributed by atoms with Crippen LogP contribution in [0.4, 0.5) is 0 Å². The van der Waals surface area contributed by atoms with Gasteiger partial charge in [0.2, 0.25) is 5.91 Å². The Kier molecular flexibility index (Phi) is 6.52. The van der Waals surface area contributed by atoms with Gasteiger partial charge in [0.25, 0.3) is 0 Å². The van der Waals surface area contributed by atoms with Crippen molar-refractivity contribution in [2.24, 2.45) is 5.92 Å². The van der Waals surface area contributed by atoms with Crippen molar-refractivity contribution in [1.29, 1.82) is 0 Å². The molecule has 1 aliphatic heterocycles. The molecule has 100 valence electrons. The van der Waals surface area contributed by atoms with Gasteiger partial charge in [-0.25, -0.2) is 0 Å². The third-order valence-electron chi connectivity index (χ3n) is 3.49. The zero-order chi connectivity index (χ0) is 12.7. The van der Waals surface area contributed by atoms with Crippen molar-refractivity contribution in [3.8, 4) is 0 Å². The number of rotatable bonds is 6. The van der Waals surface area contributed by atoms with Crippen molar-refractivity contribution in [2.45, 2.75) is 45.6 Å². The number of aliphatic hydroxyl groups is 1. The van der Waals surface area contributed by atoms with Crippen LogP contribution in [0, 0.1) is 5.92 Å². The van der Waals surface area contributed by atoms with Gasteiger partial charge >= 0.3 is 0 Å². The summed E-state index contributed by atoms with van der Waals surface area (Å²) < 4.78 is 0. The summed E-state index contributed by atoms with van der Waals surface area (Å²) in [7, 11) is 0. The minimum atomic E-state index is 0.163. The Bertz CT molecular complexity index is 217. The van der Waals surface area contributed by atoms with E-state index in [-0.39, 0.29) is 12.5 Å². The van der Waals surface area contributed by atoms with E-state index in [4.69, 9.17) is 5.11 Å². The fourth-order valence-corrected chi connectivity index (χ4v) is 2.58. The molecule has 2 N–H and O–H groups in total. The smallest absolute Gasteiger partial charge is 0.219 e. The highest BCUT2D eigenvalue weighted by Gasteiger charge is 2.27. The lowest BCUT2D eigenvalue weighted by Crippen LogP contribution is -2.51. The summed E-state index contributed by atoms with van der Waals surface area (Å²) in [5, 5.41) is 12.2. The second-order valence-electron chi connectivity index (χ2n) is 5.04. The molecule has 0 aromatic carbocycles. The monoisotopic (exact) mass is 242 g/mol. The summed E-state index contributed by atoms with van der Waals surface area (Å²) in [6, 6.07) is 0.349. The topological polar surface area (TPSA) is 52.6 Å². The summed E-state index contributed by atoms with van der Waals surface area (Å²) >= 11 is 0. The number of likely N-dealkylation sites (tertiary alicyclic amines) is 1. The third kappa shape index (κ3) is 5.04. The van der Waals surface area contributed by atoms with Gasteiger partial charge in [-0.2, -0.15) is 0 Å². The lowest BCUT2D eigenvalue weighted by atomic mass is 9.90. The molecular weight excluding hydrogens is 216 g/mol. The Morgan fingerprint density at radius 1 is 1.47 bits per heavy atom. The minimum Gasteiger partial charge on any atom is -0.395 e. The van der Waals surface area contributed by atoms with Crippen molar-refractivity contribution < 1.29 is 9.90 Å². The fourth-order valence-electron chi connectivity index (χ4n) is 2.58. The summed E-state index contributed by atoms with van der Waals surface area (Å²) in [4.78, 5) is 13.4. The average Bonchev–Trinajstić information content (AvgIpc) is 2.33. The Morgan fingerprint density at radius 2 is 2.24 bits per heavy atom. The maximum Gasteiger partial charge on any atom is 0.219 e. The second-order valence-corrected chi connectivity index (χ2v) is 5.04. The molecule has 4 heteroatoms. The molecule has 2 atom stereocenters. The van der Waals surface area contributed by atoms with Gasteiger partial charge in [-0.15, -0.1) is 0 Å². The highest BCUT2D eigenvalue weighted by atomic mass is 16.3. The van der Waals surface area contributed by atoms with E-state index in [9.17, 15) is 4.79 Å². The van der Waals surface area contributed by atoms with Gasteiger partial charge in [-0.05, 0) is 18.8 Å². The van der Waals surface area contributed by atoms with Crippen LogP contribution in [0.25, 0.3) is 0 Å². The minimum absolute atomic E-state index is 0.163. The Balaban J connectivity index is 2.46. The molecule has 2 unspecified atom stereocenters. The van der Waals surface area contributed by atoms with Crippen LogP contribution in [0.5, 0.6) is 0 Å². The van der Waals surface area contributed by atoms with E-state index < -0.39 is 0 Å². The number of hydrogen-bond acceptors (Lipinski definition) is 3. The third-order valence-corrected chi connectivity index (χ3v) is 3.49. The second kappa shape index (κ2) is 7.67. The molecule has 1 rings (SSSR count). The van der Waals surface area contributed by atoms with Gasteiger partial charge in [0, 0.05) is 32.6 Å². The van der Waals surface area contributed by atoms with Crippen LogP contribution in [0.3, 0.4) is 0 Å². The number of carbonyl (C=O) groups is 1. The molecule has 1 amide bonds. The molecular formula is C13H26N2O2. The molecule has 0 aliphatic carbocycles. The summed E-state index contributed by atoms with van der Waals surface area (Å²) in [5.41, 5.74) is 0. The maximum atomic E-state index is 11.5. The van der Waals surface area contributed by atoms with E-state index >= 15 is 0 Å². The highest BCUT2D eigenvalue weighted by molar-refractivity contribution is 5.73. The molecule has 1 heterocycles. The maximum absolute atomic E-state index is 11.5. The predicted octanol–water partition coefficient (Wildman–Crippen LogP) is 0.995. The van der Waals surface area contributed by atoms with Gasteiger partial charge in [0.1, 0.15) is 0 Å². The number of nitrogens with one attached hydrogen (secondary N) is 1. The normalized spacial score (nSPS) is 25.0. The average molecular weight is 242 g/mol. The van der Waals surface area contributed by atoms with Crippen LogP contribution in [0.2, 0.25) is 0 Å². The number of amides is 1. The zero-order valence-electron chi connectivity index (χ0n) is 11.1. The number of hydrogen-bond donors (Lipinski definition) is 2. The number of piperidine rings is 1. The number of carbonyl (C=O) groups excluding carboxylic acids is 1. The van der Waals surface area contributed by atoms with Gasteiger partial charge in [0.05, 0.1) is 6.61 Å². The van der Waals surface area contributed by atoms with Crippen molar-refractivity contribution in [3.05, 3.63) is 0 Å². The van der Waals surface area contributed by atoms with Gasteiger partial charge in [-0.1, -0.05) is 19.8 Å². The molecule has 0 aromatic rings. The van der Waals surface area contributed by atoms with Crippen molar-refractivity contribution in [1.82, 2.24) is 10.2 Å². The van der Waals surface area contributed by atoms with Gasteiger partial charge in [-0.3, -0.25) is 4.79 Å².